The lowest BCUT2D eigenvalue weighted by molar-refractivity contribution is -0.117. The SMILES string of the molecule is CC(=O)SC1CC(=O)N(c2ccnc(F)c2)C1. The first-order valence-corrected chi connectivity index (χ1v) is 6.03. The van der Waals surface area contributed by atoms with Crippen LogP contribution in [0.5, 0.6) is 0 Å². The Kier molecular flexibility index (Phi) is 3.42. The van der Waals surface area contributed by atoms with E-state index in [2.05, 4.69) is 4.98 Å². The van der Waals surface area contributed by atoms with E-state index in [4.69, 9.17) is 0 Å². The maximum atomic E-state index is 12.9. The van der Waals surface area contributed by atoms with Gasteiger partial charge < -0.3 is 4.90 Å². The lowest BCUT2D eigenvalue weighted by Crippen LogP contribution is -2.25. The van der Waals surface area contributed by atoms with Crippen molar-refractivity contribution in [1.29, 1.82) is 0 Å². The van der Waals surface area contributed by atoms with Gasteiger partial charge in [-0.3, -0.25) is 9.59 Å². The summed E-state index contributed by atoms with van der Waals surface area (Å²) in [6.45, 7) is 1.91. The van der Waals surface area contributed by atoms with Gasteiger partial charge in [0.15, 0.2) is 5.12 Å². The van der Waals surface area contributed by atoms with E-state index < -0.39 is 5.95 Å². The number of halogens is 1. The van der Waals surface area contributed by atoms with Gasteiger partial charge in [-0.15, -0.1) is 0 Å². The van der Waals surface area contributed by atoms with E-state index >= 15 is 0 Å². The van der Waals surface area contributed by atoms with Crippen LogP contribution in [0.4, 0.5) is 10.1 Å². The summed E-state index contributed by atoms with van der Waals surface area (Å²) in [6.07, 6.45) is 1.64. The molecule has 1 unspecified atom stereocenters. The fraction of sp³-hybridized carbons (Fsp3) is 0.364. The van der Waals surface area contributed by atoms with Crippen LogP contribution >= 0.6 is 11.8 Å². The van der Waals surface area contributed by atoms with E-state index in [1.54, 1.807) is 6.07 Å². The van der Waals surface area contributed by atoms with Crippen LogP contribution in [0.15, 0.2) is 18.3 Å². The van der Waals surface area contributed by atoms with Gasteiger partial charge in [0.2, 0.25) is 11.9 Å². The van der Waals surface area contributed by atoms with E-state index in [1.165, 1.54) is 24.1 Å². The first kappa shape index (κ1) is 12.0. The zero-order valence-corrected chi connectivity index (χ0v) is 10.0. The zero-order valence-electron chi connectivity index (χ0n) is 9.22. The average Bonchev–Trinajstić information content (AvgIpc) is 2.58. The van der Waals surface area contributed by atoms with Crippen molar-refractivity contribution in [3.63, 3.8) is 0 Å². The van der Waals surface area contributed by atoms with Crippen molar-refractivity contribution in [2.24, 2.45) is 0 Å². The zero-order chi connectivity index (χ0) is 12.4. The molecule has 1 aromatic heterocycles. The van der Waals surface area contributed by atoms with Crippen molar-refractivity contribution < 1.29 is 14.0 Å². The largest absolute Gasteiger partial charge is 0.311 e. The maximum Gasteiger partial charge on any atom is 0.228 e. The van der Waals surface area contributed by atoms with Crippen LogP contribution in [-0.4, -0.2) is 27.8 Å². The van der Waals surface area contributed by atoms with Gasteiger partial charge in [0.25, 0.3) is 0 Å². The second-order valence-electron chi connectivity index (χ2n) is 3.78. The van der Waals surface area contributed by atoms with Crippen molar-refractivity contribution in [1.82, 2.24) is 4.98 Å². The van der Waals surface area contributed by atoms with Crippen molar-refractivity contribution in [3.8, 4) is 0 Å². The molecule has 17 heavy (non-hydrogen) atoms. The third-order valence-electron chi connectivity index (χ3n) is 2.44. The van der Waals surface area contributed by atoms with Crippen molar-refractivity contribution in [2.45, 2.75) is 18.6 Å². The predicted molar refractivity (Wildman–Crippen MR) is 63.2 cm³/mol. The molecule has 90 valence electrons. The maximum absolute atomic E-state index is 12.9. The minimum atomic E-state index is -0.613. The van der Waals surface area contributed by atoms with Crippen LogP contribution in [0.1, 0.15) is 13.3 Å². The molecule has 1 aromatic rings. The quantitative estimate of drug-likeness (QED) is 0.752. The normalized spacial score (nSPS) is 19.8. The van der Waals surface area contributed by atoms with Crippen LogP contribution in [0.3, 0.4) is 0 Å². The molecule has 1 aliphatic heterocycles. The molecule has 0 aliphatic carbocycles. The molecule has 1 saturated heterocycles. The lowest BCUT2D eigenvalue weighted by Gasteiger charge is -2.15. The highest BCUT2D eigenvalue weighted by atomic mass is 32.2. The van der Waals surface area contributed by atoms with Crippen LogP contribution in [0.25, 0.3) is 0 Å². The topological polar surface area (TPSA) is 50.3 Å². The molecule has 2 rings (SSSR count). The molecule has 1 atom stereocenters. The fourth-order valence-corrected chi connectivity index (χ4v) is 2.72. The molecular formula is C11H11FN2O2S. The number of pyridine rings is 1. The number of hydrogen-bond donors (Lipinski definition) is 0. The molecule has 4 nitrogen and oxygen atoms in total. The first-order valence-electron chi connectivity index (χ1n) is 5.15. The van der Waals surface area contributed by atoms with Gasteiger partial charge in [-0.25, -0.2) is 4.98 Å². The highest BCUT2D eigenvalue weighted by Crippen LogP contribution is 2.28. The summed E-state index contributed by atoms with van der Waals surface area (Å²) in [4.78, 5) is 27.6. The molecule has 0 bridgehead atoms. The predicted octanol–water partition coefficient (Wildman–Crippen LogP) is 1.61. The van der Waals surface area contributed by atoms with Gasteiger partial charge in [0, 0.05) is 43.1 Å². The van der Waals surface area contributed by atoms with Crippen molar-refractivity contribution >= 4 is 28.5 Å². The third-order valence-corrected chi connectivity index (χ3v) is 3.43. The highest BCUT2D eigenvalue weighted by molar-refractivity contribution is 8.14. The number of carbonyl (C=O) groups excluding carboxylic acids is 2. The summed E-state index contributed by atoms with van der Waals surface area (Å²) < 4.78 is 12.9. The summed E-state index contributed by atoms with van der Waals surface area (Å²) >= 11 is 1.16. The summed E-state index contributed by atoms with van der Waals surface area (Å²) in [5.74, 6) is -0.702. The number of thioether (sulfide) groups is 1. The Bertz CT molecular complexity index is 467. The highest BCUT2D eigenvalue weighted by Gasteiger charge is 2.31. The van der Waals surface area contributed by atoms with Gasteiger partial charge in [-0.1, -0.05) is 11.8 Å². The number of anilines is 1. The summed E-state index contributed by atoms with van der Waals surface area (Å²) in [5, 5.41) is -0.0539. The Labute approximate surface area is 102 Å². The Hall–Kier alpha value is -1.43. The number of amides is 1. The fourth-order valence-electron chi connectivity index (χ4n) is 1.80. The molecule has 2 heterocycles. The number of aromatic nitrogens is 1. The van der Waals surface area contributed by atoms with E-state index in [1.807, 2.05) is 0 Å². The Balaban J connectivity index is 2.13. The molecule has 0 N–H and O–H groups in total. The van der Waals surface area contributed by atoms with Gasteiger partial charge in [0.1, 0.15) is 0 Å². The Morgan fingerprint density at radius 1 is 1.65 bits per heavy atom. The molecular weight excluding hydrogens is 243 g/mol. The molecule has 1 fully saturated rings. The minimum Gasteiger partial charge on any atom is -0.311 e. The van der Waals surface area contributed by atoms with Crippen molar-refractivity contribution in [3.05, 3.63) is 24.3 Å². The second kappa shape index (κ2) is 4.83. The van der Waals surface area contributed by atoms with Crippen LogP contribution in [0.2, 0.25) is 0 Å². The van der Waals surface area contributed by atoms with Gasteiger partial charge >= 0.3 is 0 Å². The van der Waals surface area contributed by atoms with Gasteiger partial charge in [-0.2, -0.15) is 4.39 Å². The number of carbonyl (C=O) groups is 2. The van der Waals surface area contributed by atoms with E-state index in [0.717, 1.165) is 11.8 Å². The molecule has 1 aliphatic rings. The van der Waals surface area contributed by atoms with E-state index in [0.29, 0.717) is 18.7 Å². The molecule has 0 saturated carbocycles. The van der Waals surface area contributed by atoms with E-state index in [9.17, 15) is 14.0 Å². The molecule has 0 radical (unpaired) electrons. The molecule has 0 aromatic carbocycles. The van der Waals surface area contributed by atoms with Gasteiger partial charge in [0.05, 0.1) is 0 Å². The smallest absolute Gasteiger partial charge is 0.228 e. The lowest BCUT2D eigenvalue weighted by atomic mass is 10.3. The van der Waals surface area contributed by atoms with Crippen LogP contribution < -0.4 is 4.90 Å². The van der Waals surface area contributed by atoms with E-state index in [-0.39, 0.29) is 16.3 Å². The standard InChI is InChI=1S/C11H11FN2O2S/c1-7(15)17-9-5-11(16)14(6-9)8-2-3-13-10(12)4-8/h2-4,9H,5-6H2,1H3. The van der Waals surface area contributed by atoms with Crippen molar-refractivity contribution in [2.75, 3.05) is 11.4 Å². The summed E-state index contributed by atoms with van der Waals surface area (Å²) in [5.41, 5.74) is 0.495. The number of nitrogens with zero attached hydrogens (tertiary/aromatic N) is 2. The second-order valence-corrected chi connectivity index (χ2v) is 5.25. The Morgan fingerprint density at radius 3 is 3.06 bits per heavy atom. The summed E-state index contributed by atoms with van der Waals surface area (Å²) in [6, 6.07) is 2.81. The van der Waals surface area contributed by atoms with Gasteiger partial charge in [-0.05, 0) is 6.07 Å². The molecule has 0 spiro atoms. The van der Waals surface area contributed by atoms with Crippen LogP contribution in [-0.2, 0) is 9.59 Å². The number of hydrogen-bond acceptors (Lipinski definition) is 4. The van der Waals surface area contributed by atoms with Crippen LogP contribution in [0, 0.1) is 5.95 Å². The first-order chi connectivity index (χ1) is 8.06. The minimum absolute atomic E-state index is 0.00874. The monoisotopic (exact) mass is 254 g/mol. The summed E-state index contributed by atoms with van der Waals surface area (Å²) in [7, 11) is 0. The molecule has 6 heteroatoms. The average molecular weight is 254 g/mol. The number of rotatable bonds is 2. The Morgan fingerprint density at radius 2 is 2.41 bits per heavy atom. The molecule has 1 amide bonds. The third kappa shape index (κ3) is 2.82.